The van der Waals surface area contributed by atoms with E-state index in [0.29, 0.717) is 0 Å². The van der Waals surface area contributed by atoms with E-state index in [1.54, 1.807) is 0 Å². The predicted molar refractivity (Wildman–Crippen MR) is 64.7 cm³/mol. The smallest absolute Gasteiger partial charge is 0.203 e. The second-order valence-corrected chi connectivity index (χ2v) is 4.77. The van der Waals surface area contributed by atoms with Crippen LogP contribution in [0.4, 0.5) is 5.95 Å². The Balaban J connectivity index is 2.13. The number of nitrogens with zero attached hydrogens (tertiary/aromatic N) is 2. The lowest BCUT2D eigenvalue weighted by atomic mass is 10.0. The van der Waals surface area contributed by atoms with Crippen molar-refractivity contribution in [3.05, 3.63) is 11.9 Å². The van der Waals surface area contributed by atoms with Crippen molar-refractivity contribution in [2.24, 2.45) is 0 Å². The fraction of sp³-hybridized carbons (Fsp3) is 0.750. The van der Waals surface area contributed by atoms with Crippen molar-refractivity contribution in [3.8, 4) is 0 Å². The van der Waals surface area contributed by atoms with E-state index in [4.69, 9.17) is 4.74 Å². The van der Waals surface area contributed by atoms with Crippen LogP contribution in [0.5, 0.6) is 0 Å². The molecule has 1 aliphatic rings. The van der Waals surface area contributed by atoms with Gasteiger partial charge in [0, 0.05) is 19.3 Å². The summed E-state index contributed by atoms with van der Waals surface area (Å²) in [6, 6.07) is 0. The molecule has 0 amide bonds. The van der Waals surface area contributed by atoms with Gasteiger partial charge in [0.1, 0.15) is 0 Å². The molecule has 1 aromatic heterocycles. The zero-order valence-corrected chi connectivity index (χ0v) is 10.4. The first kappa shape index (κ1) is 11.5. The van der Waals surface area contributed by atoms with E-state index in [1.165, 1.54) is 6.42 Å². The van der Waals surface area contributed by atoms with Gasteiger partial charge in [0.05, 0.1) is 17.8 Å². The molecule has 1 unspecified atom stereocenters. The Morgan fingerprint density at radius 2 is 2.44 bits per heavy atom. The van der Waals surface area contributed by atoms with Gasteiger partial charge in [-0.2, -0.15) is 0 Å². The van der Waals surface area contributed by atoms with Gasteiger partial charge in [-0.25, -0.2) is 4.98 Å². The SMILES string of the molecule is CCNc1nc(C)cn1CC1(C)CCCO1. The molecule has 1 N–H and O–H groups in total. The Morgan fingerprint density at radius 3 is 3.06 bits per heavy atom. The van der Waals surface area contributed by atoms with E-state index in [0.717, 1.165) is 37.8 Å². The van der Waals surface area contributed by atoms with Crippen LogP contribution in [0.2, 0.25) is 0 Å². The van der Waals surface area contributed by atoms with Gasteiger partial charge < -0.3 is 14.6 Å². The lowest BCUT2D eigenvalue weighted by molar-refractivity contribution is 0.00663. The highest BCUT2D eigenvalue weighted by molar-refractivity contribution is 5.28. The third-order valence-corrected chi connectivity index (χ3v) is 3.04. The van der Waals surface area contributed by atoms with Crippen molar-refractivity contribution < 1.29 is 4.74 Å². The first-order valence-corrected chi connectivity index (χ1v) is 6.04. The average Bonchev–Trinajstić information content (AvgIpc) is 2.76. The lowest BCUT2D eigenvalue weighted by Gasteiger charge is -2.24. The van der Waals surface area contributed by atoms with Crippen LogP contribution >= 0.6 is 0 Å². The third kappa shape index (κ3) is 2.38. The largest absolute Gasteiger partial charge is 0.373 e. The fourth-order valence-electron chi connectivity index (χ4n) is 2.29. The molecule has 90 valence electrons. The number of ether oxygens (including phenoxy) is 1. The first-order valence-electron chi connectivity index (χ1n) is 6.04. The molecular weight excluding hydrogens is 202 g/mol. The standard InChI is InChI=1S/C12H21N3O/c1-4-13-11-14-10(2)8-15(11)9-12(3)6-5-7-16-12/h8H,4-7,9H2,1-3H3,(H,13,14). The molecule has 4 heteroatoms. The number of imidazole rings is 1. The third-order valence-electron chi connectivity index (χ3n) is 3.04. The molecule has 1 fully saturated rings. The predicted octanol–water partition coefficient (Wildman–Crippen LogP) is 2.19. The Hall–Kier alpha value is -1.03. The van der Waals surface area contributed by atoms with Gasteiger partial charge in [-0.05, 0) is 33.6 Å². The van der Waals surface area contributed by atoms with Crippen LogP contribution in [0, 0.1) is 6.92 Å². The maximum Gasteiger partial charge on any atom is 0.203 e. The van der Waals surface area contributed by atoms with E-state index < -0.39 is 0 Å². The minimum atomic E-state index is -0.0166. The van der Waals surface area contributed by atoms with Crippen LogP contribution in [0.1, 0.15) is 32.4 Å². The van der Waals surface area contributed by atoms with E-state index >= 15 is 0 Å². The highest BCUT2D eigenvalue weighted by Crippen LogP contribution is 2.28. The molecule has 1 aliphatic heterocycles. The van der Waals surface area contributed by atoms with Crippen LogP contribution in [-0.4, -0.2) is 28.3 Å². The Labute approximate surface area is 97.0 Å². The van der Waals surface area contributed by atoms with Crippen LogP contribution < -0.4 is 5.32 Å². The summed E-state index contributed by atoms with van der Waals surface area (Å²) in [6.45, 7) is 8.97. The normalized spacial score (nSPS) is 24.9. The van der Waals surface area contributed by atoms with Gasteiger partial charge in [0.25, 0.3) is 0 Å². The molecule has 4 nitrogen and oxygen atoms in total. The van der Waals surface area contributed by atoms with Gasteiger partial charge in [-0.1, -0.05) is 0 Å². The number of aromatic nitrogens is 2. The molecule has 0 aliphatic carbocycles. The summed E-state index contributed by atoms with van der Waals surface area (Å²) in [5.74, 6) is 0.955. The Bertz CT molecular complexity index is 353. The Kier molecular flexibility index (Phi) is 3.19. The molecule has 2 rings (SSSR count). The van der Waals surface area contributed by atoms with Crippen LogP contribution in [-0.2, 0) is 11.3 Å². The van der Waals surface area contributed by atoms with Crippen LogP contribution in [0.3, 0.4) is 0 Å². The van der Waals surface area contributed by atoms with Gasteiger partial charge in [-0.3, -0.25) is 0 Å². The molecule has 0 bridgehead atoms. The highest BCUT2D eigenvalue weighted by Gasteiger charge is 2.30. The van der Waals surface area contributed by atoms with Gasteiger partial charge >= 0.3 is 0 Å². The minimum Gasteiger partial charge on any atom is -0.373 e. The monoisotopic (exact) mass is 223 g/mol. The summed E-state index contributed by atoms with van der Waals surface area (Å²) in [5.41, 5.74) is 1.04. The summed E-state index contributed by atoms with van der Waals surface area (Å²) in [5, 5.41) is 3.28. The molecule has 16 heavy (non-hydrogen) atoms. The minimum absolute atomic E-state index is 0.0166. The maximum atomic E-state index is 5.81. The van der Waals surface area contributed by atoms with Gasteiger partial charge in [0.15, 0.2) is 0 Å². The van der Waals surface area contributed by atoms with Gasteiger partial charge in [0.2, 0.25) is 5.95 Å². The number of aryl methyl sites for hydroxylation is 1. The summed E-state index contributed by atoms with van der Waals surface area (Å²) in [4.78, 5) is 4.47. The van der Waals surface area contributed by atoms with Crippen molar-refractivity contribution in [2.45, 2.75) is 45.8 Å². The van der Waals surface area contributed by atoms with E-state index in [-0.39, 0.29) is 5.60 Å². The molecule has 1 aromatic rings. The van der Waals surface area contributed by atoms with Crippen molar-refractivity contribution in [3.63, 3.8) is 0 Å². The van der Waals surface area contributed by atoms with Crippen molar-refractivity contribution >= 4 is 5.95 Å². The molecule has 1 saturated heterocycles. The number of hydrogen-bond acceptors (Lipinski definition) is 3. The topological polar surface area (TPSA) is 39.1 Å². The number of nitrogens with one attached hydrogen (secondary N) is 1. The lowest BCUT2D eigenvalue weighted by Crippen LogP contribution is -2.29. The van der Waals surface area contributed by atoms with Crippen LogP contribution in [0.25, 0.3) is 0 Å². The molecule has 0 spiro atoms. The molecule has 1 atom stereocenters. The first-order chi connectivity index (χ1) is 7.63. The number of anilines is 1. The zero-order valence-electron chi connectivity index (χ0n) is 10.4. The molecule has 0 saturated carbocycles. The summed E-state index contributed by atoms with van der Waals surface area (Å²) in [7, 11) is 0. The van der Waals surface area contributed by atoms with E-state index in [1.807, 2.05) is 6.92 Å². The second-order valence-electron chi connectivity index (χ2n) is 4.77. The summed E-state index contributed by atoms with van der Waals surface area (Å²) in [6.07, 6.45) is 4.39. The zero-order chi connectivity index (χ0) is 11.6. The van der Waals surface area contributed by atoms with Crippen molar-refractivity contribution in [2.75, 3.05) is 18.5 Å². The number of hydrogen-bond donors (Lipinski definition) is 1. The summed E-state index contributed by atoms with van der Waals surface area (Å²) < 4.78 is 7.98. The highest BCUT2D eigenvalue weighted by atomic mass is 16.5. The molecule has 2 heterocycles. The molecular formula is C12H21N3O. The summed E-state index contributed by atoms with van der Waals surface area (Å²) >= 11 is 0. The fourth-order valence-corrected chi connectivity index (χ4v) is 2.29. The average molecular weight is 223 g/mol. The number of rotatable bonds is 4. The Morgan fingerprint density at radius 1 is 1.62 bits per heavy atom. The molecule has 0 radical (unpaired) electrons. The van der Waals surface area contributed by atoms with E-state index in [9.17, 15) is 0 Å². The maximum absolute atomic E-state index is 5.81. The van der Waals surface area contributed by atoms with Crippen LogP contribution in [0.15, 0.2) is 6.20 Å². The van der Waals surface area contributed by atoms with Gasteiger partial charge in [-0.15, -0.1) is 0 Å². The second kappa shape index (κ2) is 4.45. The van der Waals surface area contributed by atoms with Crippen molar-refractivity contribution in [1.29, 1.82) is 0 Å². The van der Waals surface area contributed by atoms with Crippen molar-refractivity contribution in [1.82, 2.24) is 9.55 Å². The molecule has 0 aromatic carbocycles. The quantitative estimate of drug-likeness (QED) is 0.850. The van der Waals surface area contributed by atoms with E-state index in [2.05, 4.69) is 34.9 Å².